The summed E-state index contributed by atoms with van der Waals surface area (Å²) < 4.78 is -0.212. The summed E-state index contributed by atoms with van der Waals surface area (Å²) in [5, 5.41) is 8.77. The van der Waals surface area contributed by atoms with Crippen LogP contribution in [0.2, 0.25) is 0 Å². The number of carboxylic acids is 1. The first-order chi connectivity index (χ1) is 7.39. The van der Waals surface area contributed by atoms with Gasteiger partial charge >= 0.3 is 5.97 Å². The van der Waals surface area contributed by atoms with Gasteiger partial charge in [-0.1, -0.05) is 43.7 Å². The van der Waals surface area contributed by atoms with Gasteiger partial charge in [0.25, 0.3) is 0 Å². The van der Waals surface area contributed by atoms with E-state index in [1.54, 1.807) is 11.8 Å². The summed E-state index contributed by atoms with van der Waals surface area (Å²) in [6, 6.07) is 8.36. The van der Waals surface area contributed by atoms with Gasteiger partial charge in [-0.25, -0.2) is 0 Å². The minimum Gasteiger partial charge on any atom is -0.481 e. The van der Waals surface area contributed by atoms with Gasteiger partial charge in [-0.3, -0.25) is 4.79 Å². The molecule has 0 saturated heterocycles. The zero-order valence-electron chi connectivity index (χ0n) is 9.99. The minimum atomic E-state index is -0.735. The van der Waals surface area contributed by atoms with Crippen molar-refractivity contribution in [3.63, 3.8) is 0 Å². The molecule has 0 aliphatic rings. The fraction of sp³-hybridized carbons (Fsp3) is 0.462. The van der Waals surface area contributed by atoms with Crippen LogP contribution in [0.15, 0.2) is 24.3 Å². The Kier molecular flexibility index (Phi) is 4.42. The van der Waals surface area contributed by atoms with Gasteiger partial charge in [0.1, 0.15) is 0 Å². The lowest BCUT2D eigenvalue weighted by molar-refractivity contribution is -0.137. The molecule has 0 fully saturated rings. The van der Waals surface area contributed by atoms with Crippen LogP contribution in [0.3, 0.4) is 0 Å². The molecule has 0 atom stereocenters. The predicted octanol–water partition coefficient (Wildman–Crippen LogP) is 3.48. The molecule has 1 aromatic rings. The number of carbonyl (C=O) groups is 1. The summed E-state index contributed by atoms with van der Waals surface area (Å²) >= 11 is 1.69. The maximum absolute atomic E-state index is 10.7. The summed E-state index contributed by atoms with van der Waals surface area (Å²) in [4.78, 5) is 10.7. The molecule has 0 heterocycles. The second-order valence-electron chi connectivity index (χ2n) is 4.60. The fourth-order valence-electron chi connectivity index (χ4n) is 1.38. The smallest absolute Gasteiger partial charge is 0.304 e. The molecule has 1 rings (SSSR count). The molecule has 0 aliphatic carbocycles. The Balaban J connectivity index is 2.50. The molecule has 88 valence electrons. The summed E-state index contributed by atoms with van der Waals surface area (Å²) in [5.74, 6) is 0.127. The third-order valence-electron chi connectivity index (χ3n) is 2.33. The van der Waals surface area contributed by atoms with E-state index >= 15 is 0 Å². The SMILES string of the molecule is Cc1ccc(CSC(C)(C)CC(=O)O)cc1. The molecule has 0 amide bonds. The first-order valence-corrected chi connectivity index (χ1v) is 6.29. The van der Waals surface area contributed by atoms with E-state index in [0.717, 1.165) is 5.75 Å². The topological polar surface area (TPSA) is 37.3 Å². The van der Waals surface area contributed by atoms with Gasteiger partial charge in [-0.05, 0) is 12.5 Å². The molecule has 0 aliphatic heterocycles. The van der Waals surface area contributed by atoms with Crippen LogP contribution in [0.25, 0.3) is 0 Å². The second kappa shape index (κ2) is 5.39. The Morgan fingerprint density at radius 3 is 2.38 bits per heavy atom. The molecule has 0 unspecified atom stereocenters. The van der Waals surface area contributed by atoms with Crippen LogP contribution in [0.1, 0.15) is 31.4 Å². The highest BCUT2D eigenvalue weighted by Crippen LogP contribution is 2.31. The third-order valence-corrected chi connectivity index (χ3v) is 3.73. The summed E-state index contributed by atoms with van der Waals surface area (Å²) in [5.41, 5.74) is 2.49. The van der Waals surface area contributed by atoms with E-state index in [1.807, 2.05) is 13.8 Å². The highest BCUT2D eigenvalue weighted by molar-refractivity contribution is 7.99. The van der Waals surface area contributed by atoms with Crippen LogP contribution in [-0.2, 0) is 10.5 Å². The van der Waals surface area contributed by atoms with Crippen molar-refractivity contribution in [2.75, 3.05) is 0 Å². The number of hydrogen-bond donors (Lipinski definition) is 1. The number of benzene rings is 1. The lowest BCUT2D eigenvalue weighted by atomic mass is 10.1. The summed E-state index contributed by atoms with van der Waals surface area (Å²) in [7, 11) is 0. The summed E-state index contributed by atoms with van der Waals surface area (Å²) in [6.07, 6.45) is 0.198. The van der Waals surface area contributed by atoms with Crippen molar-refractivity contribution in [1.82, 2.24) is 0 Å². The van der Waals surface area contributed by atoms with Crippen LogP contribution < -0.4 is 0 Å². The van der Waals surface area contributed by atoms with E-state index in [9.17, 15) is 4.79 Å². The molecule has 0 spiro atoms. The van der Waals surface area contributed by atoms with E-state index in [-0.39, 0.29) is 11.2 Å². The van der Waals surface area contributed by atoms with E-state index < -0.39 is 5.97 Å². The molecule has 3 heteroatoms. The van der Waals surface area contributed by atoms with Crippen molar-refractivity contribution in [1.29, 1.82) is 0 Å². The van der Waals surface area contributed by atoms with Crippen molar-refractivity contribution in [2.24, 2.45) is 0 Å². The normalized spacial score (nSPS) is 11.4. The Hall–Kier alpha value is -0.960. The van der Waals surface area contributed by atoms with Gasteiger partial charge in [-0.15, -0.1) is 0 Å². The zero-order valence-corrected chi connectivity index (χ0v) is 10.8. The van der Waals surface area contributed by atoms with E-state index in [2.05, 4.69) is 31.2 Å². The highest BCUT2D eigenvalue weighted by atomic mass is 32.2. The van der Waals surface area contributed by atoms with Crippen LogP contribution in [-0.4, -0.2) is 15.8 Å². The molecule has 1 aromatic carbocycles. The maximum Gasteiger partial charge on any atom is 0.304 e. The molecule has 0 bridgehead atoms. The number of aliphatic carboxylic acids is 1. The van der Waals surface area contributed by atoms with Crippen molar-refractivity contribution < 1.29 is 9.90 Å². The molecular formula is C13H18O2S. The first kappa shape index (κ1) is 13.1. The van der Waals surface area contributed by atoms with Crippen molar-refractivity contribution in [2.45, 2.75) is 37.7 Å². The van der Waals surface area contributed by atoms with E-state index in [0.29, 0.717) is 0 Å². The van der Waals surface area contributed by atoms with Crippen molar-refractivity contribution >= 4 is 17.7 Å². The minimum absolute atomic E-state index is 0.198. The number of hydrogen-bond acceptors (Lipinski definition) is 2. The highest BCUT2D eigenvalue weighted by Gasteiger charge is 2.21. The Labute approximate surface area is 101 Å². The molecule has 0 aromatic heterocycles. The molecule has 16 heavy (non-hydrogen) atoms. The quantitative estimate of drug-likeness (QED) is 0.853. The van der Waals surface area contributed by atoms with Gasteiger partial charge in [-0.2, -0.15) is 11.8 Å². The van der Waals surface area contributed by atoms with Crippen LogP contribution in [0.4, 0.5) is 0 Å². The van der Waals surface area contributed by atoms with Crippen molar-refractivity contribution in [3.05, 3.63) is 35.4 Å². The van der Waals surface area contributed by atoms with Crippen LogP contribution in [0, 0.1) is 6.92 Å². The van der Waals surface area contributed by atoms with E-state index in [1.165, 1.54) is 11.1 Å². The predicted molar refractivity (Wildman–Crippen MR) is 68.8 cm³/mol. The second-order valence-corrected chi connectivity index (χ2v) is 6.29. The Morgan fingerprint density at radius 1 is 1.31 bits per heavy atom. The monoisotopic (exact) mass is 238 g/mol. The van der Waals surface area contributed by atoms with Gasteiger partial charge < -0.3 is 5.11 Å². The Bertz CT molecular complexity index is 355. The number of aryl methyl sites for hydroxylation is 1. The standard InChI is InChI=1S/C13H18O2S/c1-10-4-6-11(7-5-10)9-16-13(2,3)8-12(14)15/h4-7H,8-9H2,1-3H3,(H,14,15). The van der Waals surface area contributed by atoms with Gasteiger partial charge in [0.2, 0.25) is 0 Å². The largest absolute Gasteiger partial charge is 0.481 e. The van der Waals surface area contributed by atoms with Gasteiger partial charge in [0.05, 0.1) is 6.42 Å². The van der Waals surface area contributed by atoms with Gasteiger partial charge in [0, 0.05) is 10.5 Å². The molecule has 0 saturated carbocycles. The van der Waals surface area contributed by atoms with Crippen molar-refractivity contribution in [3.8, 4) is 0 Å². The first-order valence-electron chi connectivity index (χ1n) is 5.30. The fourth-order valence-corrected chi connectivity index (χ4v) is 2.35. The van der Waals surface area contributed by atoms with E-state index in [4.69, 9.17) is 5.11 Å². The molecule has 0 radical (unpaired) electrons. The van der Waals surface area contributed by atoms with Gasteiger partial charge in [0.15, 0.2) is 0 Å². The average Bonchev–Trinajstić information content (AvgIpc) is 2.15. The molecular weight excluding hydrogens is 220 g/mol. The average molecular weight is 238 g/mol. The van der Waals surface area contributed by atoms with Crippen LogP contribution in [0.5, 0.6) is 0 Å². The lowest BCUT2D eigenvalue weighted by Gasteiger charge is -2.21. The maximum atomic E-state index is 10.7. The zero-order chi connectivity index (χ0) is 12.2. The Morgan fingerprint density at radius 2 is 1.88 bits per heavy atom. The number of rotatable bonds is 5. The molecule has 1 N–H and O–H groups in total. The number of carboxylic acid groups (broad SMARTS) is 1. The van der Waals surface area contributed by atoms with Crippen LogP contribution >= 0.6 is 11.8 Å². The third kappa shape index (κ3) is 4.71. The lowest BCUT2D eigenvalue weighted by Crippen LogP contribution is -2.19. The summed E-state index contributed by atoms with van der Waals surface area (Å²) in [6.45, 7) is 6.01. The molecule has 2 nitrogen and oxygen atoms in total. The number of thioether (sulfide) groups is 1.